The van der Waals surface area contributed by atoms with Crippen LogP contribution in [0.25, 0.3) is 0 Å². The van der Waals surface area contributed by atoms with Gasteiger partial charge in [0.05, 0.1) is 0 Å². The molecule has 0 N–H and O–H groups in total. The molecule has 46 valence electrons. The minimum absolute atomic E-state index is 1.00. The molecule has 0 aromatic rings. The van der Waals surface area contributed by atoms with Gasteiger partial charge < -0.3 is 0 Å². The van der Waals surface area contributed by atoms with Crippen molar-refractivity contribution in [3.05, 3.63) is 0 Å². The molecule has 1 nitrogen and oxygen atoms in total. The third-order valence-electron chi connectivity index (χ3n) is 2.68. The van der Waals surface area contributed by atoms with Crippen LogP contribution in [0.15, 0.2) is 0 Å². The van der Waals surface area contributed by atoms with Gasteiger partial charge >= 0.3 is 0 Å². The highest BCUT2D eigenvalue weighted by Gasteiger charge is 2.42. The zero-order valence-electron chi connectivity index (χ0n) is 5.43. The van der Waals surface area contributed by atoms with Crippen LogP contribution in [-0.4, -0.2) is 23.5 Å². The van der Waals surface area contributed by atoms with Crippen LogP contribution in [0.3, 0.4) is 0 Å². The normalized spacial score (nSPS) is 44.6. The maximum atomic E-state index is 2.62. The van der Waals surface area contributed by atoms with Gasteiger partial charge in [-0.05, 0) is 25.8 Å². The molecule has 2 saturated heterocycles. The summed E-state index contributed by atoms with van der Waals surface area (Å²) in [7, 11) is 0. The Morgan fingerprint density at radius 2 is 2.00 bits per heavy atom. The minimum Gasteiger partial charge on any atom is -0.298 e. The second-order valence-electron chi connectivity index (χ2n) is 2.95. The molecule has 0 aromatic heterocycles. The summed E-state index contributed by atoms with van der Waals surface area (Å²) < 4.78 is 0. The van der Waals surface area contributed by atoms with Crippen molar-refractivity contribution in [2.75, 3.05) is 6.54 Å². The molecule has 3 aliphatic rings. The van der Waals surface area contributed by atoms with Crippen molar-refractivity contribution < 1.29 is 0 Å². The maximum absolute atomic E-state index is 2.62. The molecule has 3 fully saturated rings. The molecule has 3 rings (SSSR count). The highest BCUT2D eigenvalue weighted by Crippen LogP contribution is 2.39. The van der Waals surface area contributed by atoms with Crippen molar-refractivity contribution in [1.82, 2.24) is 4.90 Å². The molecule has 1 saturated carbocycles. The van der Waals surface area contributed by atoms with Crippen LogP contribution >= 0.6 is 0 Å². The molecular formula is C7H13N. The lowest BCUT2D eigenvalue weighted by atomic mass is 10.0. The van der Waals surface area contributed by atoms with Crippen LogP contribution in [0.4, 0.5) is 0 Å². The lowest BCUT2D eigenvalue weighted by molar-refractivity contribution is 0.0863. The molecule has 0 spiro atoms. The highest BCUT2D eigenvalue weighted by molar-refractivity contribution is 4.99. The van der Waals surface area contributed by atoms with Crippen molar-refractivity contribution in [3.8, 4) is 0 Å². The second-order valence-corrected chi connectivity index (χ2v) is 2.95. The first-order valence-corrected chi connectivity index (χ1v) is 3.67. The van der Waals surface area contributed by atoms with E-state index < -0.39 is 0 Å². The lowest BCUT2D eigenvalue weighted by Crippen LogP contribution is -2.47. The number of fused-ring (bicyclic) bond motifs is 1. The van der Waals surface area contributed by atoms with E-state index in [1.807, 2.05) is 0 Å². The molecule has 0 amide bonds. The Kier molecular flexibility index (Phi) is 0.884. The van der Waals surface area contributed by atoms with Gasteiger partial charge in [0.1, 0.15) is 0 Å². The molecule has 2 heterocycles. The predicted molar refractivity (Wildman–Crippen MR) is 33.8 cm³/mol. The SMILES string of the molecule is CCN1C2CCC1C2. The summed E-state index contributed by atoms with van der Waals surface area (Å²) in [5.41, 5.74) is 0. The summed E-state index contributed by atoms with van der Waals surface area (Å²) in [6.07, 6.45) is 4.48. The van der Waals surface area contributed by atoms with Crippen molar-refractivity contribution in [2.45, 2.75) is 38.3 Å². The largest absolute Gasteiger partial charge is 0.298 e. The summed E-state index contributed by atoms with van der Waals surface area (Å²) in [5, 5.41) is 0. The average molecular weight is 111 g/mol. The van der Waals surface area contributed by atoms with Gasteiger partial charge in [0.2, 0.25) is 0 Å². The van der Waals surface area contributed by atoms with E-state index in [2.05, 4.69) is 11.8 Å². The predicted octanol–water partition coefficient (Wildman–Crippen LogP) is 1.24. The summed E-state index contributed by atoms with van der Waals surface area (Å²) in [4.78, 5) is 2.62. The third kappa shape index (κ3) is 0.408. The Hall–Kier alpha value is -0.0400. The average Bonchev–Trinajstić information content (AvgIpc) is 2.19. The van der Waals surface area contributed by atoms with Gasteiger partial charge in [0.15, 0.2) is 0 Å². The number of nitrogens with zero attached hydrogens (tertiary/aromatic N) is 1. The van der Waals surface area contributed by atoms with Crippen LogP contribution in [0.2, 0.25) is 0 Å². The van der Waals surface area contributed by atoms with E-state index in [0.29, 0.717) is 0 Å². The fourth-order valence-electron chi connectivity index (χ4n) is 2.21. The van der Waals surface area contributed by atoms with Gasteiger partial charge in [-0.15, -0.1) is 0 Å². The monoisotopic (exact) mass is 111 g/mol. The van der Waals surface area contributed by atoms with Gasteiger partial charge in [-0.2, -0.15) is 0 Å². The van der Waals surface area contributed by atoms with Gasteiger partial charge in [-0.1, -0.05) is 6.92 Å². The standard InChI is InChI=1S/C7H13N/c1-2-8-6-3-4-7(8)5-6/h6-7H,2-5H2,1H3. The summed E-state index contributed by atoms with van der Waals surface area (Å²) in [5.74, 6) is 0. The van der Waals surface area contributed by atoms with E-state index in [4.69, 9.17) is 0 Å². The fraction of sp³-hybridized carbons (Fsp3) is 1.00. The molecule has 2 atom stereocenters. The fourth-order valence-corrected chi connectivity index (χ4v) is 2.21. The first-order chi connectivity index (χ1) is 3.92. The topological polar surface area (TPSA) is 3.24 Å². The van der Waals surface area contributed by atoms with Crippen LogP contribution in [0.5, 0.6) is 0 Å². The molecule has 2 aliphatic heterocycles. The van der Waals surface area contributed by atoms with Gasteiger partial charge in [-0.25, -0.2) is 0 Å². The van der Waals surface area contributed by atoms with Gasteiger partial charge in [0.25, 0.3) is 0 Å². The van der Waals surface area contributed by atoms with E-state index >= 15 is 0 Å². The summed E-state index contributed by atoms with van der Waals surface area (Å²) >= 11 is 0. The molecule has 8 heavy (non-hydrogen) atoms. The number of hydrogen-bond donors (Lipinski definition) is 0. The first-order valence-electron chi connectivity index (χ1n) is 3.67. The van der Waals surface area contributed by atoms with E-state index in [-0.39, 0.29) is 0 Å². The molecule has 2 bridgehead atoms. The zero-order valence-corrected chi connectivity index (χ0v) is 5.43. The number of hydrogen-bond acceptors (Lipinski definition) is 1. The van der Waals surface area contributed by atoms with E-state index in [0.717, 1.165) is 12.1 Å². The summed E-state index contributed by atoms with van der Waals surface area (Å²) in [6.45, 7) is 3.56. The molecule has 2 unspecified atom stereocenters. The molecule has 1 heteroatoms. The quantitative estimate of drug-likeness (QED) is 0.492. The van der Waals surface area contributed by atoms with Crippen LogP contribution < -0.4 is 0 Å². The molecule has 0 aromatic carbocycles. The highest BCUT2D eigenvalue weighted by atomic mass is 15.3. The Morgan fingerprint density at radius 3 is 2.25 bits per heavy atom. The molecule has 0 radical (unpaired) electrons. The van der Waals surface area contributed by atoms with Gasteiger partial charge in [0, 0.05) is 12.1 Å². The van der Waals surface area contributed by atoms with E-state index in [1.165, 1.54) is 25.8 Å². The maximum Gasteiger partial charge on any atom is 0.0114 e. The molecular weight excluding hydrogens is 98.1 g/mol. The van der Waals surface area contributed by atoms with Crippen LogP contribution in [-0.2, 0) is 0 Å². The van der Waals surface area contributed by atoms with Gasteiger partial charge in [-0.3, -0.25) is 4.90 Å². The van der Waals surface area contributed by atoms with Crippen LogP contribution in [0.1, 0.15) is 26.2 Å². The lowest BCUT2D eigenvalue weighted by Gasteiger charge is -2.39. The molecule has 1 aliphatic carbocycles. The van der Waals surface area contributed by atoms with Crippen LogP contribution in [0, 0.1) is 0 Å². The second kappa shape index (κ2) is 1.47. The summed E-state index contributed by atoms with van der Waals surface area (Å²) in [6, 6.07) is 2.01. The van der Waals surface area contributed by atoms with Crippen molar-refractivity contribution >= 4 is 0 Å². The Labute approximate surface area is 50.7 Å². The zero-order chi connectivity index (χ0) is 5.56. The smallest absolute Gasteiger partial charge is 0.0114 e. The van der Waals surface area contributed by atoms with E-state index in [9.17, 15) is 0 Å². The Morgan fingerprint density at radius 1 is 1.38 bits per heavy atom. The Bertz CT molecular complexity index is 86.6. The van der Waals surface area contributed by atoms with Crippen molar-refractivity contribution in [3.63, 3.8) is 0 Å². The minimum atomic E-state index is 1.00. The third-order valence-corrected chi connectivity index (χ3v) is 2.68. The van der Waals surface area contributed by atoms with Crippen molar-refractivity contribution in [2.24, 2.45) is 0 Å². The number of rotatable bonds is 1. The van der Waals surface area contributed by atoms with Crippen molar-refractivity contribution in [1.29, 1.82) is 0 Å². The Balaban J connectivity index is 2.02. The first kappa shape index (κ1) is 4.80. The van der Waals surface area contributed by atoms with E-state index in [1.54, 1.807) is 0 Å².